The molecule has 0 spiro atoms. The Morgan fingerprint density at radius 2 is 1.75 bits per heavy atom. The van der Waals surface area contributed by atoms with Crippen molar-refractivity contribution in [2.45, 2.75) is 4.90 Å². The number of hydrogen-bond donors (Lipinski definition) is 0. The fourth-order valence-electron chi connectivity index (χ4n) is 2.68. The fraction of sp³-hybridized carbons (Fsp3) is 0. The largest absolute Gasteiger partial charge is 0.283 e. The zero-order valence-corrected chi connectivity index (χ0v) is 15.0. The Kier molecular flexibility index (Phi) is 4.44. The van der Waals surface area contributed by atoms with Gasteiger partial charge in [-0.1, -0.05) is 6.07 Å². The van der Waals surface area contributed by atoms with E-state index in [1.807, 2.05) is 6.07 Å². The molecule has 0 bridgehead atoms. The quantitative estimate of drug-likeness (QED) is 0.526. The van der Waals surface area contributed by atoms with Crippen molar-refractivity contribution in [1.82, 2.24) is 19.2 Å². The molecule has 1 aromatic carbocycles. The van der Waals surface area contributed by atoms with Gasteiger partial charge in [0.05, 0.1) is 22.5 Å². The summed E-state index contributed by atoms with van der Waals surface area (Å²) in [6, 6.07) is 9.07. The van der Waals surface area contributed by atoms with E-state index in [9.17, 15) is 17.2 Å². The Balaban J connectivity index is 1.87. The van der Waals surface area contributed by atoms with Crippen LogP contribution < -0.4 is 0 Å². The van der Waals surface area contributed by atoms with E-state index in [0.717, 1.165) is 16.2 Å². The Morgan fingerprint density at radius 3 is 2.46 bits per heavy atom. The number of rotatable bonds is 4. The maximum absolute atomic E-state index is 13.5. The van der Waals surface area contributed by atoms with Crippen molar-refractivity contribution in [3.63, 3.8) is 0 Å². The summed E-state index contributed by atoms with van der Waals surface area (Å²) in [7, 11) is -4.34. The SMILES string of the molecule is O=S(=O)(c1cc(F)cc(F)c1)n1nc(C=Cc2ccccn2)c2ccncc21. The first-order valence-corrected chi connectivity index (χ1v) is 9.53. The number of nitrogens with zero attached hydrogens (tertiary/aromatic N) is 4. The van der Waals surface area contributed by atoms with Gasteiger partial charge >= 0.3 is 0 Å². The van der Waals surface area contributed by atoms with Crippen LogP contribution in [0.2, 0.25) is 0 Å². The van der Waals surface area contributed by atoms with E-state index in [0.29, 0.717) is 22.8 Å². The lowest BCUT2D eigenvalue weighted by atomic mass is 10.2. The molecule has 0 unspecified atom stereocenters. The number of fused-ring (bicyclic) bond motifs is 1. The van der Waals surface area contributed by atoms with Crippen LogP contribution in [0.1, 0.15) is 11.4 Å². The second-order valence-electron chi connectivity index (χ2n) is 5.82. The lowest BCUT2D eigenvalue weighted by Gasteiger charge is -2.06. The highest BCUT2D eigenvalue weighted by molar-refractivity contribution is 7.90. The lowest BCUT2D eigenvalue weighted by Crippen LogP contribution is -2.15. The number of hydrogen-bond acceptors (Lipinski definition) is 5. The second kappa shape index (κ2) is 6.93. The average molecular weight is 398 g/mol. The van der Waals surface area contributed by atoms with Crippen molar-refractivity contribution in [3.8, 4) is 0 Å². The summed E-state index contributed by atoms with van der Waals surface area (Å²) in [6.45, 7) is 0. The zero-order chi connectivity index (χ0) is 19.7. The first-order chi connectivity index (χ1) is 13.4. The van der Waals surface area contributed by atoms with Gasteiger partial charge < -0.3 is 0 Å². The van der Waals surface area contributed by atoms with Crippen LogP contribution in [0, 0.1) is 11.6 Å². The topological polar surface area (TPSA) is 77.7 Å². The van der Waals surface area contributed by atoms with Crippen LogP contribution in [0.5, 0.6) is 0 Å². The first kappa shape index (κ1) is 17.9. The molecule has 4 aromatic rings. The minimum absolute atomic E-state index is 0.188. The fourth-order valence-corrected chi connectivity index (χ4v) is 4.01. The van der Waals surface area contributed by atoms with Gasteiger partial charge in [-0.2, -0.15) is 17.6 Å². The highest BCUT2D eigenvalue weighted by atomic mass is 32.2. The summed E-state index contributed by atoms with van der Waals surface area (Å²) >= 11 is 0. The van der Waals surface area contributed by atoms with Gasteiger partial charge in [-0.3, -0.25) is 9.97 Å². The van der Waals surface area contributed by atoms with E-state index in [1.54, 1.807) is 36.5 Å². The molecule has 0 fully saturated rings. The molecule has 6 nitrogen and oxygen atoms in total. The summed E-state index contributed by atoms with van der Waals surface area (Å²) in [5.41, 5.74) is 1.20. The summed E-state index contributed by atoms with van der Waals surface area (Å²) in [5, 5.41) is 4.66. The van der Waals surface area contributed by atoms with Crippen LogP contribution in [0.25, 0.3) is 23.1 Å². The molecule has 28 heavy (non-hydrogen) atoms. The molecule has 0 aliphatic carbocycles. The number of benzene rings is 1. The Hall–Kier alpha value is -3.46. The number of halogens is 2. The van der Waals surface area contributed by atoms with E-state index in [-0.39, 0.29) is 5.52 Å². The summed E-state index contributed by atoms with van der Waals surface area (Å²) in [4.78, 5) is 7.56. The average Bonchev–Trinajstić information content (AvgIpc) is 3.06. The summed E-state index contributed by atoms with van der Waals surface area (Å²) < 4.78 is 53.7. The Labute approximate surface area is 158 Å². The van der Waals surface area contributed by atoms with Gasteiger partial charge in [0, 0.05) is 23.8 Å². The molecule has 0 saturated heterocycles. The molecule has 0 aliphatic heterocycles. The molecule has 0 atom stereocenters. The minimum Gasteiger partial charge on any atom is -0.262 e. The van der Waals surface area contributed by atoms with Gasteiger partial charge in [0.25, 0.3) is 10.0 Å². The second-order valence-corrected chi connectivity index (χ2v) is 7.59. The first-order valence-electron chi connectivity index (χ1n) is 8.09. The smallest absolute Gasteiger partial charge is 0.262 e. The highest BCUT2D eigenvalue weighted by Crippen LogP contribution is 2.25. The molecular formula is C19H12F2N4O2S. The van der Waals surface area contributed by atoms with Crippen molar-refractivity contribution in [3.05, 3.63) is 84.1 Å². The molecule has 0 radical (unpaired) electrons. The maximum atomic E-state index is 13.5. The van der Waals surface area contributed by atoms with Gasteiger partial charge in [0.2, 0.25) is 0 Å². The third kappa shape index (κ3) is 3.27. The lowest BCUT2D eigenvalue weighted by molar-refractivity contribution is 0.561. The van der Waals surface area contributed by atoms with Gasteiger partial charge in [-0.15, -0.1) is 0 Å². The van der Waals surface area contributed by atoms with Gasteiger partial charge in [-0.25, -0.2) is 8.78 Å². The van der Waals surface area contributed by atoms with E-state index in [1.165, 1.54) is 12.4 Å². The highest BCUT2D eigenvalue weighted by Gasteiger charge is 2.24. The van der Waals surface area contributed by atoms with Crippen molar-refractivity contribution in [2.24, 2.45) is 0 Å². The molecule has 0 N–H and O–H groups in total. The number of aromatic nitrogens is 4. The molecule has 0 amide bonds. The monoisotopic (exact) mass is 398 g/mol. The molecule has 4 rings (SSSR count). The third-order valence-electron chi connectivity index (χ3n) is 3.94. The van der Waals surface area contributed by atoms with Crippen LogP contribution in [0.4, 0.5) is 8.78 Å². The predicted molar refractivity (Wildman–Crippen MR) is 99.6 cm³/mol. The van der Waals surface area contributed by atoms with Crippen LogP contribution in [0.3, 0.4) is 0 Å². The van der Waals surface area contributed by atoms with E-state index in [2.05, 4.69) is 15.1 Å². The van der Waals surface area contributed by atoms with E-state index in [4.69, 9.17) is 0 Å². The maximum Gasteiger partial charge on any atom is 0.283 e. The minimum atomic E-state index is -4.34. The van der Waals surface area contributed by atoms with Crippen LogP contribution in [-0.2, 0) is 10.0 Å². The molecule has 9 heteroatoms. The summed E-state index contributed by atoms with van der Waals surface area (Å²) in [5.74, 6) is -1.99. The Morgan fingerprint density at radius 1 is 0.964 bits per heavy atom. The normalized spacial score (nSPS) is 12.1. The third-order valence-corrected chi connectivity index (χ3v) is 5.51. The Bertz CT molecular complexity index is 1280. The molecule has 3 aromatic heterocycles. The molecule has 140 valence electrons. The molecule has 3 heterocycles. The standard InChI is InChI=1S/C19H12F2N4O2S/c20-13-9-14(21)11-16(10-13)28(26,27)25-19-12-22-8-6-17(19)18(24-25)5-4-15-3-1-2-7-23-15/h1-12H. The van der Waals surface area contributed by atoms with Crippen molar-refractivity contribution >= 4 is 33.1 Å². The van der Waals surface area contributed by atoms with Gasteiger partial charge in [0.15, 0.2) is 0 Å². The van der Waals surface area contributed by atoms with Crippen LogP contribution in [0.15, 0.2) is 66.0 Å². The van der Waals surface area contributed by atoms with E-state index >= 15 is 0 Å². The number of pyridine rings is 2. The molecular weight excluding hydrogens is 386 g/mol. The summed E-state index contributed by atoms with van der Waals surface area (Å²) in [6.07, 6.45) is 7.75. The van der Waals surface area contributed by atoms with Crippen molar-refractivity contribution in [2.75, 3.05) is 0 Å². The van der Waals surface area contributed by atoms with Crippen molar-refractivity contribution in [1.29, 1.82) is 0 Å². The predicted octanol–water partition coefficient (Wildman–Crippen LogP) is 3.51. The van der Waals surface area contributed by atoms with E-state index < -0.39 is 26.6 Å². The van der Waals surface area contributed by atoms with Gasteiger partial charge in [0.1, 0.15) is 17.2 Å². The molecule has 0 aliphatic rings. The van der Waals surface area contributed by atoms with Crippen LogP contribution in [-0.4, -0.2) is 27.6 Å². The van der Waals surface area contributed by atoms with Gasteiger partial charge in [-0.05, 0) is 42.5 Å². The zero-order valence-electron chi connectivity index (χ0n) is 14.2. The molecule has 0 saturated carbocycles. The van der Waals surface area contributed by atoms with Crippen LogP contribution >= 0.6 is 0 Å². The van der Waals surface area contributed by atoms with Crippen molar-refractivity contribution < 1.29 is 17.2 Å².